The number of aryl methyl sites for hydroxylation is 1. The van der Waals surface area contributed by atoms with Crippen molar-refractivity contribution in [2.75, 3.05) is 20.6 Å². The maximum atomic E-state index is 12.7. The van der Waals surface area contributed by atoms with Gasteiger partial charge in [-0.1, -0.05) is 23.4 Å². The van der Waals surface area contributed by atoms with Gasteiger partial charge in [-0.2, -0.15) is 4.98 Å². The Kier molecular flexibility index (Phi) is 6.99. The van der Waals surface area contributed by atoms with Gasteiger partial charge in [0.05, 0.1) is 23.3 Å². The van der Waals surface area contributed by atoms with Crippen molar-refractivity contribution in [1.29, 1.82) is 0 Å². The smallest absolute Gasteiger partial charge is 0.256 e. The lowest BCUT2D eigenvalue weighted by Crippen LogP contribution is -2.26. The number of hydrogen-bond donors (Lipinski definition) is 1. The number of likely N-dealkylation sites (N-methyl/N-ethyl adjacent to an activating group) is 1. The summed E-state index contributed by atoms with van der Waals surface area (Å²) in [4.78, 5) is 23.1. The summed E-state index contributed by atoms with van der Waals surface area (Å²) in [5, 5.41) is 4.03. The minimum Gasteiger partial charge on any atom is -0.396 e. The molecule has 1 aliphatic heterocycles. The first-order valence-corrected chi connectivity index (χ1v) is 10.2. The van der Waals surface area contributed by atoms with Crippen LogP contribution in [0.15, 0.2) is 68.6 Å². The van der Waals surface area contributed by atoms with Crippen molar-refractivity contribution in [3.63, 3.8) is 0 Å². The standard InChI is InChI=1S/C23H28FN5O2/c1-5-15(9-7-11-24)8-6-10-16-17(12-19-27-14(2)31-28-19)18-13-29(4)23(30)20(18)21(25)22(16)26-3/h5,7,10-11,15H,1,6,8-9,12-13,25H2,2-4H3/b11-7+,16-10-,26-22?. The Hall–Kier alpha value is -3.29. The highest BCUT2D eigenvalue weighted by molar-refractivity contribution is 6.22. The van der Waals surface area contributed by atoms with Gasteiger partial charge in [-0.15, -0.1) is 6.58 Å². The molecule has 2 heterocycles. The third kappa shape index (κ3) is 4.57. The molecule has 3 rings (SSSR count). The monoisotopic (exact) mass is 425 g/mol. The summed E-state index contributed by atoms with van der Waals surface area (Å²) >= 11 is 0. The average Bonchev–Trinajstić information content (AvgIpc) is 3.30. The molecule has 164 valence electrons. The Morgan fingerprint density at radius 3 is 2.84 bits per heavy atom. The summed E-state index contributed by atoms with van der Waals surface area (Å²) in [5.74, 6) is 1.07. The third-order valence-electron chi connectivity index (χ3n) is 5.60. The van der Waals surface area contributed by atoms with Crippen LogP contribution >= 0.6 is 0 Å². The van der Waals surface area contributed by atoms with Crippen molar-refractivity contribution in [3.8, 4) is 0 Å². The van der Waals surface area contributed by atoms with E-state index in [2.05, 4.69) is 27.8 Å². The number of aromatic nitrogens is 2. The van der Waals surface area contributed by atoms with Gasteiger partial charge in [0.15, 0.2) is 5.82 Å². The minimum atomic E-state index is -0.112. The molecule has 7 nitrogen and oxygen atoms in total. The molecule has 1 aromatic heterocycles. The molecule has 1 aliphatic carbocycles. The molecule has 1 saturated heterocycles. The van der Waals surface area contributed by atoms with Gasteiger partial charge in [0, 0.05) is 39.6 Å². The average molecular weight is 426 g/mol. The van der Waals surface area contributed by atoms with E-state index in [0.717, 1.165) is 29.6 Å². The number of likely N-dealkylation sites (tertiary alicyclic amines) is 1. The van der Waals surface area contributed by atoms with Crippen LogP contribution in [0.25, 0.3) is 0 Å². The summed E-state index contributed by atoms with van der Waals surface area (Å²) in [7, 11) is 3.42. The van der Waals surface area contributed by atoms with Gasteiger partial charge in [-0.25, -0.2) is 4.39 Å². The SMILES string of the molecule is C=CC(C/C=C/F)CC/C=C1\C(=NC)C(N)=C2C(=O)N(C)CC2=C1Cc1noc(C)n1. The molecule has 0 bridgehead atoms. The molecule has 0 radical (unpaired) electrons. The molecule has 8 heteroatoms. The van der Waals surface area contributed by atoms with Crippen LogP contribution in [-0.2, 0) is 11.2 Å². The molecule has 0 aromatic carbocycles. The van der Waals surface area contributed by atoms with E-state index in [1.807, 2.05) is 6.08 Å². The molecular weight excluding hydrogens is 397 g/mol. The number of hydrogen-bond acceptors (Lipinski definition) is 6. The quantitative estimate of drug-likeness (QED) is 0.644. The Bertz CT molecular complexity index is 1030. The Labute approximate surface area is 181 Å². The first-order chi connectivity index (χ1) is 14.9. The Morgan fingerprint density at radius 2 is 2.23 bits per heavy atom. The number of nitrogens with two attached hydrogens (primary N) is 1. The van der Waals surface area contributed by atoms with Crippen LogP contribution < -0.4 is 5.73 Å². The van der Waals surface area contributed by atoms with E-state index < -0.39 is 0 Å². The maximum absolute atomic E-state index is 12.7. The second-order valence-corrected chi connectivity index (χ2v) is 7.67. The second-order valence-electron chi connectivity index (χ2n) is 7.67. The van der Waals surface area contributed by atoms with Gasteiger partial charge in [0.1, 0.15) is 0 Å². The van der Waals surface area contributed by atoms with Crippen LogP contribution in [0, 0.1) is 12.8 Å². The highest BCUT2D eigenvalue weighted by Gasteiger charge is 2.39. The van der Waals surface area contributed by atoms with Crippen LogP contribution in [0.1, 0.15) is 31.0 Å². The summed E-state index contributed by atoms with van der Waals surface area (Å²) in [6.07, 6.45) is 8.51. The number of carbonyl (C=O) groups excluding carboxylic acids is 1. The van der Waals surface area contributed by atoms with E-state index in [1.54, 1.807) is 25.9 Å². The summed E-state index contributed by atoms with van der Waals surface area (Å²) in [5.41, 5.74) is 10.6. The van der Waals surface area contributed by atoms with E-state index >= 15 is 0 Å². The Morgan fingerprint density at radius 1 is 1.45 bits per heavy atom. The van der Waals surface area contributed by atoms with Crippen molar-refractivity contribution < 1.29 is 13.7 Å². The molecule has 1 amide bonds. The number of amides is 1. The summed E-state index contributed by atoms with van der Waals surface area (Å²) in [6, 6.07) is 0. The minimum absolute atomic E-state index is 0.112. The van der Waals surface area contributed by atoms with Gasteiger partial charge in [0.2, 0.25) is 5.89 Å². The van der Waals surface area contributed by atoms with E-state index in [1.165, 1.54) is 6.08 Å². The predicted octanol–water partition coefficient (Wildman–Crippen LogP) is 3.37. The molecule has 0 saturated carbocycles. The van der Waals surface area contributed by atoms with Gasteiger partial charge >= 0.3 is 0 Å². The predicted molar refractivity (Wildman–Crippen MR) is 118 cm³/mol. The lowest BCUT2D eigenvalue weighted by atomic mass is 9.82. The van der Waals surface area contributed by atoms with Crippen LogP contribution in [0.4, 0.5) is 4.39 Å². The molecular formula is C23H28FN5O2. The molecule has 2 aliphatic rings. The number of rotatable bonds is 8. The molecule has 1 aromatic rings. The molecule has 1 fully saturated rings. The van der Waals surface area contributed by atoms with E-state index in [4.69, 9.17) is 10.3 Å². The van der Waals surface area contributed by atoms with Crippen molar-refractivity contribution >= 4 is 11.6 Å². The van der Waals surface area contributed by atoms with Crippen LogP contribution in [0.3, 0.4) is 0 Å². The lowest BCUT2D eigenvalue weighted by Gasteiger charge is -2.23. The van der Waals surface area contributed by atoms with Crippen molar-refractivity contribution in [2.45, 2.75) is 32.6 Å². The zero-order chi connectivity index (χ0) is 22.5. The van der Waals surface area contributed by atoms with E-state index in [9.17, 15) is 9.18 Å². The fourth-order valence-corrected chi connectivity index (χ4v) is 4.03. The first-order valence-electron chi connectivity index (χ1n) is 10.2. The van der Waals surface area contributed by atoms with Crippen LogP contribution in [-0.4, -0.2) is 47.3 Å². The topological polar surface area (TPSA) is 97.6 Å². The lowest BCUT2D eigenvalue weighted by molar-refractivity contribution is -0.123. The van der Waals surface area contributed by atoms with Crippen molar-refractivity contribution in [2.24, 2.45) is 16.6 Å². The summed E-state index contributed by atoms with van der Waals surface area (Å²) in [6.45, 7) is 6.05. The van der Waals surface area contributed by atoms with Crippen LogP contribution in [0.2, 0.25) is 0 Å². The van der Waals surface area contributed by atoms with Crippen molar-refractivity contribution in [3.05, 3.63) is 70.8 Å². The Balaban J connectivity index is 2.01. The number of allylic oxidation sites excluding steroid dienone is 5. The number of fused-ring (bicyclic) bond motifs is 1. The zero-order valence-electron chi connectivity index (χ0n) is 18.2. The second kappa shape index (κ2) is 9.68. The fourth-order valence-electron chi connectivity index (χ4n) is 4.03. The van der Waals surface area contributed by atoms with E-state index in [-0.39, 0.29) is 11.8 Å². The molecule has 31 heavy (non-hydrogen) atoms. The fraction of sp³-hybridized carbons (Fsp3) is 0.391. The first kappa shape index (κ1) is 22.4. The van der Waals surface area contributed by atoms with Gasteiger partial charge in [0.25, 0.3) is 5.91 Å². The zero-order valence-corrected chi connectivity index (χ0v) is 18.2. The van der Waals surface area contributed by atoms with Crippen LogP contribution in [0.5, 0.6) is 0 Å². The number of halogens is 1. The molecule has 2 N–H and O–H groups in total. The summed E-state index contributed by atoms with van der Waals surface area (Å²) < 4.78 is 17.5. The van der Waals surface area contributed by atoms with Crippen molar-refractivity contribution in [1.82, 2.24) is 15.0 Å². The highest BCUT2D eigenvalue weighted by Crippen LogP contribution is 2.38. The maximum Gasteiger partial charge on any atom is 0.256 e. The number of nitrogens with zero attached hydrogens (tertiary/aromatic N) is 4. The largest absolute Gasteiger partial charge is 0.396 e. The van der Waals surface area contributed by atoms with Gasteiger partial charge in [-0.05, 0) is 36.3 Å². The van der Waals surface area contributed by atoms with Gasteiger partial charge < -0.3 is 15.2 Å². The van der Waals surface area contributed by atoms with E-state index in [0.29, 0.717) is 54.4 Å². The van der Waals surface area contributed by atoms with Gasteiger partial charge in [-0.3, -0.25) is 9.79 Å². The third-order valence-corrected chi connectivity index (χ3v) is 5.60. The normalized spacial score (nSPS) is 20.5. The number of carbonyl (C=O) groups is 1. The number of aliphatic imine (C=N–C) groups is 1. The molecule has 1 unspecified atom stereocenters. The highest BCUT2D eigenvalue weighted by atomic mass is 19.1. The molecule has 1 atom stereocenters. The molecule has 0 spiro atoms.